The molecule has 3 rings (SSSR count). The number of nitrogens with one attached hydrogen (secondary N) is 1. The third-order valence-corrected chi connectivity index (χ3v) is 5.76. The molecule has 0 aliphatic heterocycles. The Morgan fingerprint density at radius 3 is 2.00 bits per heavy atom. The zero-order valence-electron chi connectivity index (χ0n) is 15.2. The summed E-state index contributed by atoms with van der Waals surface area (Å²) in [7, 11) is 2.10. The second-order valence-corrected chi connectivity index (χ2v) is 7.54. The lowest BCUT2D eigenvalue weighted by Crippen LogP contribution is -2.47. The number of benzene rings is 2. The predicted octanol–water partition coefficient (Wildman–Crippen LogP) is 5.16. The van der Waals surface area contributed by atoms with Gasteiger partial charge in [0, 0.05) is 13.1 Å². The van der Waals surface area contributed by atoms with Crippen molar-refractivity contribution in [1.29, 1.82) is 0 Å². The summed E-state index contributed by atoms with van der Waals surface area (Å²) in [6.07, 6.45) is 5.16. The molecule has 3 heteroatoms. The van der Waals surface area contributed by atoms with E-state index in [9.17, 15) is 0 Å². The number of hydrogen-bond donors (Lipinski definition) is 1. The highest BCUT2D eigenvalue weighted by Gasteiger charge is 2.26. The van der Waals surface area contributed by atoms with Gasteiger partial charge in [-0.05, 0) is 42.1 Å². The molecule has 0 radical (unpaired) electrons. The first-order valence-electron chi connectivity index (χ1n) is 9.30. The first-order valence-corrected chi connectivity index (χ1v) is 9.71. The largest absolute Gasteiger partial charge is 0.360 e. The van der Waals surface area contributed by atoms with E-state index in [4.69, 9.17) is 12.2 Å². The Morgan fingerprint density at radius 1 is 0.960 bits per heavy atom. The van der Waals surface area contributed by atoms with Crippen LogP contribution in [-0.2, 0) is 0 Å². The summed E-state index contributed by atoms with van der Waals surface area (Å²) in [5.41, 5.74) is 2.52. The van der Waals surface area contributed by atoms with Gasteiger partial charge in [-0.2, -0.15) is 0 Å². The summed E-state index contributed by atoms with van der Waals surface area (Å²) in [6.45, 7) is 2.34. The Balaban J connectivity index is 1.81. The molecular formula is C22H28N2S. The zero-order valence-corrected chi connectivity index (χ0v) is 16.0. The van der Waals surface area contributed by atoms with Gasteiger partial charge in [0.25, 0.3) is 0 Å². The van der Waals surface area contributed by atoms with E-state index < -0.39 is 0 Å². The van der Waals surface area contributed by atoms with Crippen molar-refractivity contribution in [3.8, 4) is 0 Å². The van der Waals surface area contributed by atoms with Crippen molar-refractivity contribution >= 4 is 17.3 Å². The second-order valence-electron chi connectivity index (χ2n) is 7.15. The van der Waals surface area contributed by atoms with E-state index in [-0.39, 0.29) is 6.04 Å². The van der Waals surface area contributed by atoms with E-state index in [1.165, 1.54) is 36.8 Å². The molecule has 1 aliphatic carbocycles. The molecule has 1 fully saturated rings. The molecule has 25 heavy (non-hydrogen) atoms. The second kappa shape index (κ2) is 8.48. The molecule has 2 aromatic carbocycles. The highest BCUT2D eigenvalue weighted by atomic mass is 32.1. The van der Waals surface area contributed by atoms with Crippen LogP contribution in [0.25, 0.3) is 0 Å². The molecule has 2 aromatic rings. The van der Waals surface area contributed by atoms with Crippen LogP contribution in [0.4, 0.5) is 0 Å². The van der Waals surface area contributed by atoms with Gasteiger partial charge in [0.1, 0.15) is 0 Å². The number of nitrogens with zero attached hydrogens (tertiary/aromatic N) is 1. The molecule has 0 aromatic heterocycles. The van der Waals surface area contributed by atoms with Crippen molar-refractivity contribution in [2.75, 3.05) is 7.05 Å². The summed E-state index contributed by atoms with van der Waals surface area (Å²) in [5.74, 6) is 0.687. The number of rotatable bonds is 4. The van der Waals surface area contributed by atoms with Crippen molar-refractivity contribution < 1.29 is 0 Å². The van der Waals surface area contributed by atoms with Crippen molar-refractivity contribution in [3.63, 3.8) is 0 Å². The van der Waals surface area contributed by atoms with Gasteiger partial charge in [-0.1, -0.05) is 80.4 Å². The normalized spacial score (nSPS) is 20.3. The maximum atomic E-state index is 5.80. The Labute approximate surface area is 157 Å². The van der Waals surface area contributed by atoms with Gasteiger partial charge in [0.15, 0.2) is 5.11 Å². The van der Waals surface area contributed by atoms with Crippen molar-refractivity contribution in [3.05, 3.63) is 71.8 Å². The highest BCUT2D eigenvalue weighted by molar-refractivity contribution is 7.80. The molecular weight excluding hydrogens is 324 g/mol. The third kappa shape index (κ3) is 4.40. The van der Waals surface area contributed by atoms with Gasteiger partial charge in [0.2, 0.25) is 0 Å². The average molecular weight is 353 g/mol. The molecule has 0 spiro atoms. The van der Waals surface area contributed by atoms with E-state index >= 15 is 0 Å². The molecule has 0 heterocycles. The van der Waals surface area contributed by atoms with Crippen LogP contribution < -0.4 is 5.32 Å². The summed E-state index contributed by atoms with van der Waals surface area (Å²) < 4.78 is 0. The van der Waals surface area contributed by atoms with Gasteiger partial charge < -0.3 is 10.2 Å². The molecule has 0 unspecified atom stereocenters. The zero-order chi connectivity index (χ0) is 17.6. The average Bonchev–Trinajstić information content (AvgIpc) is 2.65. The Bertz CT molecular complexity index is 631. The van der Waals surface area contributed by atoms with Crippen LogP contribution in [0.5, 0.6) is 0 Å². The van der Waals surface area contributed by atoms with Crippen LogP contribution in [-0.4, -0.2) is 23.1 Å². The Kier molecular flexibility index (Phi) is 6.09. The topological polar surface area (TPSA) is 15.3 Å². The maximum Gasteiger partial charge on any atom is 0.169 e. The number of thiocarbonyl (C=S) groups is 1. The molecule has 2 nitrogen and oxygen atoms in total. The van der Waals surface area contributed by atoms with Crippen molar-refractivity contribution in [2.24, 2.45) is 5.92 Å². The summed E-state index contributed by atoms with van der Waals surface area (Å²) in [5, 5.41) is 4.49. The van der Waals surface area contributed by atoms with E-state index in [0.717, 1.165) is 5.11 Å². The molecule has 132 valence electrons. The smallest absolute Gasteiger partial charge is 0.169 e. The minimum absolute atomic E-state index is 0.126. The molecule has 2 atom stereocenters. The number of hydrogen-bond acceptors (Lipinski definition) is 1. The van der Waals surface area contributed by atoms with Gasteiger partial charge in [-0.15, -0.1) is 0 Å². The highest BCUT2D eigenvalue weighted by Crippen LogP contribution is 2.29. The van der Waals surface area contributed by atoms with E-state index in [1.54, 1.807) is 0 Å². The minimum Gasteiger partial charge on any atom is -0.360 e. The van der Waals surface area contributed by atoms with Crippen LogP contribution in [0.2, 0.25) is 0 Å². The monoisotopic (exact) mass is 352 g/mol. The lowest BCUT2D eigenvalue weighted by Gasteiger charge is -2.36. The minimum atomic E-state index is 0.126. The van der Waals surface area contributed by atoms with Crippen LogP contribution >= 0.6 is 12.2 Å². The van der Waals surface area contributed by atoms with Gasteiger partial charge in [-0.3, -0.25) is 0 Å². The van der Waals surface area contributed by atoms with Crippen molar-refractivity contribution in [2.45, 2.75) is 44.7 Å². The standard InChI is InChI=1S/C22H28N2S/c1-17-11-9-10-16-20(17)23-22(25)24(2)21(18-12-5-3-6-13-18)19-14-7-4-8-15-19/h3-8,12-15,17,20-21H,9-11,16H2,1-2H3,(H,23,25)/t17-,20-/m0/s1. The van der Waals surface area contributed by atoms with E-state index in [0.29, 0.717) is 12.0 Å². The Hall–Kier alpha value is -1.87. The Morgan fingerprint density at radius 2 is 1.48 bits per heavy atom. The molecule has 1 N–H and O–H groups in total. The van der Waals surface area contributed by atoms with Gasteiger partial charge in [-0.25, -0.2) is 0 Å². The first-order chi connectivity index (χ1) is 12.2. The van der Waals surface area contributed by atoms with Gasteiger partial charge >= 0.3 is 0 Å². The SMILES string of the molecule is C[C@H]1CCCC[C@@H]1NC(=S)N(C)C(c1ccccc1)c1ccccc1. The molecule has 0 saturated heterocycles. The van der Waals surface area contributed by atoms with Crippen LogP contribution in [0.15, 0.2) is 60.7 Å². The fraction of sp³-hybridized carbons (Fsp3) is 0.409. The van der Waals surface area contributed by atoms with Crippen LogP contribution in [0.3, 0.4) is 0 Å². The van der Waals surface area contributed by atoms with E-state index in [2.05, 4.69) is 84.9 Å². The quantitative estimate of drug-likeness (QED) is 0.765. The molecule has 0 bridgehead atoms. The third-order valence-electron chi connectivity index (χ3n) is 5.36. The molecule has 1 aliphatic rings. The lowest BCUT2D eigenvalue weighted by molar-refractivity contribution is 0.297. The molecule has 1 saturated carbocycles. The molecule has 0 amide bonds. The van der Waals surface area contributed by atoms with Crippen molar-refractivity contribution in [1.82, 2.24) is 10.2 Å². The van der Waals surface area contributed by atoms with Crippen LogP contribution in [0, 0.1) is 5.92 Å². The first kappa shape index (κ1) is 17.9. The summed E-state index contributed by atoms with van der Waals surface area (Å²) in [6, 6.07) is 21.9. The predicted molar refractivity (Wildman–Crippen MR) is 110 cm³/mol. The lowest BCUT2D eigenvalue weighted by atomic mass is 9.86. The fourth-order valence-electron chi connectivity index (χ4n) is 3.82. The fourth-order valence-corrected chi connectivity index (χ4v) is 4.08. The summed E-state index contributed by atoms with van der Waals surface area (Å²) in [4.78, 5) is 2.21. The van der Waals surface area contributed by atoms with Gasteiger partial charge in [0.05, 0.1) is 6.04 Å². The summed E-state index contributed by atoms with van der Waals surface area (Å²) >= 11 is 5.80. The van der Waals surface area contributed by atoms with Crippen LogP contribution in [0.1, 0.15) is 49.8 Å². The maximum absolute atomic E-state index is 5.80. The van der Waals surface area contributed by atoms with E-state index in [1.807, 2.05) is 0 Å².